The summed E-state index contributed by atoms with van der Waals surface area (Å²) in [7, 11) is 0. The molecule has 24 heavy (non-hydrogen) atoms. The molecule has 0 bridgehead atoms. The normalized spacial score (nSPS) is 15.9. The van der Waals surface area contributed by atoms with E-state index in [9.17, 15) is 24.3 Å². The second-order valence-electron chi connectivity index (χ2n) is 6.03. The van der Waals surface area contributed by atoms with E-state index in [1.165, 1.54) is 6.92 Å². The van der Waals surface area contributed by atoms with Crippen molar-refractivity contribution in [2.45, 2.75) is 57.8 Å². The number of carboxylic acids is 1. The number of hydrogen-bond donors (Lipinski definition) is 6. The molecule has 0 aliphatic rings. The Bertz CT molecular complexity index is 480. The molecule has 0 aromatic carbocycles. The van der Waals surface area contributed by atoms with Gasteiger partial charge in [-0.05, 0) is 19.3 Å². The summed E-state index contributed by atoms with van der Waals surface area (Å²) >= 11 is 0. The summed E-state index contributed by atoms with van der Waals surface area (Å²) in [5.41, 5.74) is 10.5. The summed E-state index contributed by atoms with van der Waals surface area (Å²) in [4.78, 5) is 46.3. The second kappa shape index (κ2) is 9.83. The highest BCUT2D eigenvalue weighted by Crippen LogP contribution is 2.06. The van der Waals surface area contributed by atoms with Crippen molar-refractivity contribution in [3.63, 3.8) is 0 Å². The molecule has 0 unspecified atom stereocenters. The van der Waals surface area contributed by atoms with Gasteiger partial charge in [-0.2, -0.15) is 0 Å². The van der Waals surface area contributed by atoms with Crippen molar-refractivity contribution in [1.29, 1.82) is 0 Å². The maximum atomic E-state index is 12.2. The summed E-state index contributed by atoms with van der Waals surface area (Å²) in [5, 5.41) is 22.9. The summed E-state index contributed by atoms with van der Waals surface area (Å²) in [6.07, 6.45) is -1.53. The second-order valence-corrected chi connectivity index (χ2v) is 6.03. The number of carbonyl (C=O) groups excluding carboxylic acids is 3. The number of aliphatic hydroxyl groups is 1. The number of aliphatic hydroxyl groups excluding tert-OH is 1. The van der Waals surface area contributed by atoms with Crippen LogP contribution >= 0.6 is 0 Å². The van der Waals surface area contributed by atoms with Gasteiger partial charge in [-0.15, -0.1) is 0 Å². The fourth-order valence-corrected chi connectivity index (χ4v) is 1.86. The molecule has 0 aromatic rings. The summed E-state index contributed by atoms with van der Waals surface area (Å²) in [5.74, 6) is -3.83. The molecule has 138 valence electrons. The largest absolute Gasteiger partial charge is 0.480 e. The van der Waals surface area contributed by atoms with Gasteiger partial charge in [0.1, 0.15) is 18.1 Å². The maximum absolute atomic E-state index is 12.2. The summed E-state index contributed by atoms with van der Waals surface area (Å²) in [6.45, 7) is 4.86. The lowest BCUT2D eigenvalue weighted by molar-refractivity contribution is -0.142. The summed E-state index contributed by atoms with van der Waals surface area (Å²) < 4.78 is 0. The highest BCUT2D eigenvalue weighted by Gasteiger charge is 2.30. The van der Waals surface area contributed by atoms with Crippen LogP contribution in [0.5, 0.6) is 0 Å². The molecule has 0 saturated heterocycles. The van der Waals surface area contributed by atoms with Crippen LogP contribution in [0, 0.1) is 5.92 Å². The molecule has 8 N–H and O–H groups in total. The van der Waals surface area contributed by atoms with Gasteiger partial charge in [0.25, 0.3) is 0 Å². The lowest BCUT2D eigenvalue weighted by atomic mass is 10.0. The molecule has 3 amide bonds. The predicted molar refractivity (Wildman–Crippen MR) is 84.4 cm³/mol. The van der Waals surface area contributed by atoms with Gasteiger partial charge in [-0.1, -0.05) is 13.8 Å². The van der Waals surface area contributed by atoms with Gasteiger partial charge < -0.3 is 32.3 Å². The van der Waals surface area contributed by atoms with Crippen LogP contribution in [0.1, 0.15) is 33.6 Å². The Balaban J connectivity index is 5.08. The van der Waals surface area contributed by atoms with Gasteiger partial charge in [0.2, 0.25) is 17.7 Å². The monoisotopic (exact) mass is 346 g/mol. The third-order valence-corrected chi connectivity index (χ3v) is 3.18. The first kappa shape index (κ1) is 21.8. The van der Waals surface area contributed by atoms with Crippen molar-refractivity contribution in [3.8, 4) is 0 Å². The molecule has 0 aromatic heterocycles. The van der Waals surface area contributed by atoms with Crippen LogP contribution in [0.3, 0.4) is 0 Å². The topological polar surface area (TPSA) is 185 Å². The quantitative estimate of drug-likeness (QED) is 0.256. The molecule has 0 spiro atoms. The van der Waals surface area contributed by atoms with E-state index in [0.717, 1.165) is 0 Å². The highest BCUT2D eigenvalue weighted by atomic mass is 16.4. The molecular formula is C14H26N4O6. The average molecular weight is 346 g/mol. The molecule has 0 heterocycles. The Hall–Kier alpha value is -2.20. The zero-order chi connectivity index (χ0) is 19.0. The van der Waals surface area contributed by atoms with E-state index in [1.807, 2.05) is 0 Å². The molecule has 0 saturated carbocycles. The standard InChI is InChI=1S/C14H26N4O6/c1-6(2)4-9(14(23)24)18-12(21)8(5-10(15)20)17-13(22)11(16)7(3)19/h6-9,11,19H,4-5,16H2,1-3H3,(H2,15,20)(H,17,22)(H,18,21)(H,23,24)/t7-,8+,9+,11+/m1/s1. The highest BCUT2D eigenvalue weighted by molar-refractivity contribution is 5.94. The van der Waals surface area contributed by atoms with E-state index in [4.69, 9.17) is 16.6 Å². The molecule has 4 atom stereocenters. The van der Waals surface area contributed by atoms with Crippen molar-refractivity contribution in [2.75, 3.05) is 0 Å². The molecule has 0 aliphatic carbocycles. The third-order valence-electron chi connectivity index (χ3n) is 3.18. The van der Waals surface area contributed by atoms with Crippen LogP contribution in [0.4, 0.5) is 0 Å². The fourth-order valence-electron chi connectivity index (χ4n) is 1.86. The van der Waals surface area contributed by atoms with Gasteiger partial charge >= 0.3 is 5.97 Å². The van der Waals surface area contributed by atoms with Gasteiger partial charge in [0.05, 0.1) is 12.5 Å². The van der Waals surface area contributed by atoms with Gasteiger partial charge in [0, 0.05) is 0 Å². The molecule has 0 radical (unpaired) electrons. The number of nitrogens with two attached hydrogens (primary N) is 2. The van der Waals surface area contributed by atoms with E-state index in [-0.39, 0.29) is 12.3 Å². The van der Waals surface area contributed by atoms with Crippen LogP contribution in [0.15, 0.2) is 0 Å². The first-order valence-electron chi connectivity index (χ1n) is 7.51. The van der Waals surface area contributed by atoms with Crippen molar-refractivity contribution in [1.82, 2.24) is 10.6 Å². The van der Waals surface area contributed by atoms with Crippen LogP contribution < -0.4 is 22.1 Å². The van der Waals surface area contributed by atoms with Gasteiger partial charge in [-0.25, -0.2) is 4.79 Å². The first-order chi connectivity index (χ1) is 11.0. The van der Waals surface area contributed by atoms with E-state index in [2.05, 4.69) is 10.6 Å². The Morgan fingerprint density at radius 2 is 1.50 bits per heavy atom. The van der Waals surface area contributed by atoms with Crippen molar-refractivity contribution in [2.24, 2.45) is 17.4 Å². The van der Waals surface area contributed by atoms with E-state index in [0.29, 0.717) is 0 Å². The summed E-state index contributed by atoms with van der Waals surface area (Å²) in [6, 6.07) is -3.86. The maximum Gasteiger partial charge on any atom is 0.326 e. The van der Waals surface area contributed by atoms with E-state index >= 15 is 0 Å². The molecule has 10 nitrogen and oxygen atoms in total. The minimum Gasteiger partial charge on any atom is -0.480 e. The molecular weight excluding hydrogens is 320 g/mol. The number of carbonyl (C=O) groups is 4. The number of aliphatic carboxylic acids is 1. The Labute approximate surface area is 139 Å². The zero-order valence-electron chi connectivity index (χ0n) is 14.0. The van der Waals surface area contributed by atoms with Crippen molar-refractivity contribution in [3.05, 3.63) is 0 Å². The number of rotatable bonds is 10. The lowest BCUT2D eigenvalue weighted by Gasteiger charge is -2.23. The van der Waals surface area contributed by atoms with E-state index in [1.54, 1.807) is 13.8 Å². The van der Waals surface area contributed by atoms with Crippen LogP contribution in [0.25, 0.3) is 0 Å². The Kier molecular flexibility index (Phi) is 8.93. The first-order valence-corrected chi connectivity index (χ1v) is 7.51. The zero-order valence-corrected chi connectivity index (χ0v) is 14.0. The van der Waals surface area contributed by atoms with Crippen LogP contribution in [-0.2, 0) is 19.2 Å². The number of hydrogen-bond acceptors (Lipinski definition) is 6. The van der Waals surface area contributed by atoms with Crippen LogP contribution in [-0.4, -0.2) is 58.1 Å². The average Bonchev–Trinajstić information content (AvgIpc) is 2.43. The fraction of sp³-hybridized carbons (Fsp3) is 0.714. The Morgan fingerprint density at radius 3 is 1.88 bits per heavy atom. The lowest BCUT2D eigenvalue weighted by Crippen LogP contribution is -2.57. The minimum absolute atomic E-state index is 0.000702. The van der Waals surface area contributed by atoms with Gasteiger partial charge in [0.15, 0.2) is 0 Å². The molecule has 0 aliphatic heterocycles. The van der Waals surface area contributed by atoms with Gasteiger partial charge in [-0.3, -0.25) is 14.4 Å². The third kappa shape index (κ3) is 7.88. The van der Waals surface area contributed by atoms with Crippen molar-refractivity contribution < 1.29 is 29.4 Å². The SMILES string of the molecule is CC(C)C[C@H](NC(=O)[C@H](CC(N)=O)NC(=O)[C@@H](N)[C@@H](C)O)C(=O)O. The molecule has 0 rings (SSSR count). The molecule has 10 heteroatoms. The number of amides is 3. The number of primary amides is 1. The van der Waals surface area contributed by atoms with E-state index < -0.39 is 54.3 Å². The van der Waals surface area contributed by atoms with Crippen molar-refractivity contribution >= 4 is 23.7 Å². The molecule has 0 fully saturated rings. The smallest absolute Gasteiger partial charge is 0.326 e. The minimum atomic E-state index is -1.38. The predicted octanol–water partition coefficient (Wildman–Crippen LogP) is -2.33. The van der Waals surface area contributed by atoms with Crippen LogP contribution in [0.2, 0.25) is 0 Å². The Morgan fingerprint density at radius 1 is 1.00 bits per heavy atom. The number of carboxylic acid groups (broad SMARTS) is 1. The number of nitrogens with one attached hydrogen (secondary N) is 2.